The van der Waals surface area contributed by atoms with Gasteiger partial charge in [-0.05, 0) is 48.6 Å². The number of hydrogen-bond donors (Lipinski definition) is 2. The summed E-state index contributed by atoms with van der Waals surface area (Å²) in [7, 11) is -3.40. The van der Waals surface area contributed by atoms with E-state index in [9.17, 15) is 18.0 Å². The molecule has 1 aromatic heterocycles. The SMILES string of the molecule is CS(=O)(=O)N1CCCc2ccc(NC(=O)C(=O)NCCc3ccoc3)cc21. The monoisotopic (exact) mass is 391 g/mol. The predicted octanol–water partition coefficient (Wildman–Crippen LogP) is 1.29. The van der Waals surface area contributed by atoms with Gasteiger partial charge in [0.05, 0.1) is 24.5 Å². The summed E-state index contributed by atoms with van der Waals surface area (Å²) in [4.78, 5) is 24.0. The highest BCUT2D eigenvalue weighted by molar-refractivity contribution is 7.92. The van der Waals surface area contributed by atoms with Crippen LogP contribution < -0.4 is 14.9 Å². The van der Waals surface area contributed by atoms with Crippen LogP contribution in [0.3, 0.4) is 0 Å². The van der Waals surface area contributed by atoms with Gasteiger partial charge in [0.1, 0.15) is 0 Å². The van der Waals surface area contributed by atoms with Crippen molar-refractivity contribution >= 4 is 33.2 Å². The molecule has 0 bridgehead atoms. The lowest BCUT2D eigenvalue weighted by atomic mass is 10.0. The van der Waals surface area contributed by atoms with E-state index in [4.69, 9.17) is 4.42 Å². The van der Waals surface area contributed by atoms with E-state index in [1.165, 1.54) is 4.31 Å². The Hall–Kier alpha value is -2.81. The van der Waals surface area contributed by atoms with Crippen molar-refractivity contribution in [3.05, 3.63) is 47.9 Å². The molecule has 0 atom stereocenters. The van der Waals surface area contributed by atoms with Gasteiger partial charge in [-0.2, -0.15) is 0 Å². The Balaban J connectivity index is 1.63. The van der Waals surface area contributed by atoms with Crippen LogP contribution in [0.4, 0.5) is 11.4 Å². The number of amides is 2. The molecule has 9 heteroatoms. The zero-order valence-corrected chi connectivity index (χ0v) is 15.7. The van der Waals surface area contributed by atoms with Gasteiger partial charge in [0.15, 0.2) is 0 Å². The van der Waals surface area contributed by atoms with Crippen molar-refractivity contribution in [2.75, 3.05) is 29.0 Å². The summed E-state index contributed by atoms with van der Waals surface area (Å²) in [6, 6.07) is 6.82. The molecule has 0 spiro atoms. The van der Waals surface area contributed by atoms with Gasteiger partial charge in [0, 0.05) is 18.8 Å². The van der Waals surface area contributed by atoms with E-state index >= 15 is 0 Å². The minimum Gasteiger partial charge on any atom is -0.472 e. The fraction of sp³-hybridized carbons (Fsp3) is 0.333. The second-order valence-corrected chi connectivity index (χ2v) is 8.28. The first-order chi connectivity index (χ1) is 12.8. The Bertz CT molecular complexity index is 938. The highest BCUT2D eigenvalue weighted by Crippen LogP contribution is 2.31. The van der Waals surface area contributed by atoms with Gasteiger partial charge < -0.3 is 15.1 Å². The van der Waals surface area contributed by atoms with Crippen LogP contribution in [-0.4, -0.2) is 39.6 Å². The minimum absolute atomic E-state index is 0.303. The van der Waals surface area contributed by atoms with Crippen molar-refractivity contribution in [1.29, 1.82) is 0 Å². The molecule has 0 aliphatic carbocycles. The van der Waals surface area contributed by atoms with Crippen LogP contribution in [0.15, 0.2) is 41.2 Å². The van der Waals surface area contributed by atoms with Gasteiger partial charge >= 0.3 is 11.8 Å². The van der Waals surface area contributed by atoms with Crippen LogP contribution in [0.2, 0.25) is 0 Å². The number of carbonyl (C=O) groups excluding carboxylic acids is 2. The Morgan fingerprint density at radius 2 is 2.04 bits per heavy atom. The third-order valence-corrected chi connectivity index (χ3v) is 5.49. The summed E-state index contributed by atoms with van der Waals surface area (Å²) < 4.78 is 30.2. The third kappa shape index (κ3) is 4.68. The Morgan fingerprint density at radius 3 is 2.74 bits per heavy atom. The number of fused-ring (bicyclic) bond motifs is 1. The summed E-state index contributed by atoms with van der Waals surface area (Å²) in [5.74, 6) is -1.56. The normalized spacial score (nSPS) is 13.7. The molecular weight excluding hydrogens is 370 g/mol. The number of benzene rings is 1. The van der Waals surface area contributed by atoms with Crippen LogP contribution in [0, 0.1) is 0 Å². The smallest absolute Gasteiger partial charge is 0.313 e. The first-order valence-corrected chi connectivity index (χ1v) is 10.4. The van der Waals surface area contributed by atoms with Gasteiger partial charge in [-0.1, -0.05) is 6.07 Å². The number of nitrogens with zero attached hydrogens (tertiary/aromatic N) is 1. The number of carbonyl (C=O) groups is 2. The second-order valence-electron chi connectivity index (χ2n) is 6.37. The lowest BCUT2D eigenvalue weighted by Gasteiger charge is -2.29. The largest absolute Gasteiger partial charge is 0.472 e. The molecule has 1 aliphatic heterocycles. The number of furan rings is 1. The van der Waals surface area contributed by atoms with Gasteiger partial charge in [-0.15, -0.1) is 0 Å². The van der Waals surface area contributed by atoms with Crippen LogP contribution in [0.5, 0.6) is 0 Å². The van der Waals surface area contributed by atoms with Crippen molar-refractivity contribution in [2.45, 2.75) is 19.3 Å². The molecule has 144 valence electrons. The number of hydrogen-bond acceptors (Lipinski definition) is 5. The maximum atomic E-state index is 12.1. The van der Waals surface area contributed by atoms with E-state index < -0.39 is 21.8 Å². The highest BCUT2D eigenvalue weighted by atomic mass is 32.2. The summed E-state index contributed by atoms with van der Waals surface area (Å²) >= 11 is 0. The maximum absolute atomic E-state index is 12.1. The van der Waals surface area contributed by atoms with Crippen molar-refractivity contribution in [3.63, 3.8) is 0 Å². The number of rotatable bonds is 5. The van der Waals surface area contributed by atoms with Gasteiger partial charge in [-0.3, -0.25) is 13.9 Å². The van der Waals surface area contributed by atoms with Crippen molar-refractivity contribution < 1.29 is 22.4 Å². The molecule has 0 saturated heterocycles. The standard InChI is InChI=1S/C18H21N3O5S/c1-27(24,25)21-9-2-3-14-4-5-15(11-16(14)21)20-18(23)17(22)19-8-6-13-7-10-26-12-13/h4-5,7,10-12H,2-3,6,8-9H2,1H3,(H,19,22)(H,20,23). The van der Waals surface area contributed by atoms with E-state index in [0.717, 1.165) is 30.2 Å². The molecule has 0 saturated carbocycles. The first kappa shape index (κ1) is 19.0. The molecule has 8 nitrogen and oxygen atoms in total. The van der Waals surface area contributed by atoms with Crippen LogP contribution in [0.1, 0.15) is 17.5 Å². The van der Waals surface area contributed by atoms with Crippen molar-refractivity contribution in [1.82, 2.24) is 5.32 Å². The fourth-order valence-corrected chi connectivity index (χ4v) is 3.97. The summed E-state index contributed by atoms with van der Waals surface area (Å²) in [6.45, 7) is 0.704. The first-order valence-electron chi connectivity index (χ1n) is 8.55. The molecule has 1 aliphatic rings. The predicted molar refractivity (Wildman–Crippen MR) is 101 cm³/mol. The summed E-state index contributed by atoms with van der Waals surface area (Å²) in [5, 5.41) is 5.05. The lowest BCUT2D eigenvalue weighted by molar-refractivity contribution is -0.136. The molecule has 2 aromatic rings. The summed E-state index contributed by atoms with van der Waals surface area (Å²) in [5.41, 5.74) is 2.74. The van der Waals surface area contributed by atoms with E-state index in [1.807, 2.05) is 0 Å². The van der Waals surface area contributed by atoms with E-state index in [0.29, 0.717) is 30.9 Å². The molecule has 2 heterocycles. The number of aryl methyl sites for hydroxylation is 1. The summed E-state index contributed by atoms with van der Waals surface area (Å²) in [6.07, 6.45) is 6.33. The molecule has 2 N–H and O–H groups in total. The average molecular weight is 391 g/mol. The Kier molecular flexibility index (Phi) is 5.50. The number of anilines is 2. The molecule has 0 radical (unpaired) electrons. The highest BCUT2D eigenvalue weighted by Gasteiger charge is 2.24. The third-order valence-electron chi connectivity index (χ3n) is 4.31. The zero-order chi connectivity index (χ0) is 19.4. The second kappa shape index (κ2) is 7.83. The van der Waals surface area contributed by atoms with Crippen LogP contribution in [-0.2, 0) is 32.5 Å². The van der Waals surface area contributed by atoms with Crippen LogP contribution >= 0.6 is 0 Å². The number of sulfonamides is 1. The molecule has 27 heavy (non-hydrogen) atoms. The van der Waals surface area contributed by atoms with E-state index in [2.05, 4.69) is 10.6 Å². The lowest BCUT2D eigenvalue weighted by Crippen LogP contribution is -2.37. The Labute approximate surface area is 157 Å². The van der Waals surface area contributed by atoms with E-state index in [-0.39, 0.29) is 0 Å². The molecule has 2 amide bonds. The molecule has 1 aromatic carbocycles. The maximum Gasteiger partial charge on any atom is 0.313 e. The molecular formula is C18H21N3O5S. The topological polar surface area (TPSA) is 109 Å². The van der Waals surface area contributed by atoms with E-state index in [1.54, 1.807) is 36.8 Å². The molecule has 0 fully saturated rings. The van der Waals surface area contributed by atoms with Crippen LogP contribution in [0.25, 0.3) is 0 Å². The fourth-order valence-electron chi connectivity index (χ4n) is 2.99. The van der Waals surface area contributed by atoms with Gasteiger partial charge in [0.25, 0.3) is 0 Å². The van der Waals surface area contributed by atoms with Crippen molar-refractivity contribution in [2.24, 2.45) is 0 Å². The van der Waals surface area contributed by atoms with Gasteiger partial charge in [0.2, 0.25) is 10.0 Å². The number of nitrogens with one attached hydrogen (secondary N) is 2. The minimum atomic E-state index is -3.40. The zero-order valence-electron chi connectivity index (χ0n) is 14.9. The quantitative estimate of drug-likeness (QED) is 0.747. The van der Waals surface area contributed by atoms with Gasteiger partial charge in [-0.25, -0.2) is 8.42 Å². The molecule has 0 unspecified atom stereocenters. The van der Waals surface area contributed by atoms with Crippen molar-refractivity contribution in [3.8, 4) is 0 Å². The Morgan fingerprint density at radius 1 is 1.22 bits per heavy atom. The molecule has 3 rings (SSSR count). The average Bonchev–Trinajstić information content (AvgIpc) is 3.13.